The number of ether oxygens (including phenoxy) is 2. The molecule has 1 heterocycles. The van der Waals surface area contributed by atoms with Crippen molar-refractivity contribution in [1.29, 1.82) is 0 Å². The highest BCUT2D eigenvalue weighted by molar-refractivity contribution is 5.87. The Morgan fingerprint density at radius 1 is 1.40 bits per heavy atom. The summed E-state index contributed by atoms with van der Waals surface area (Å²) in [7, 11) is 2.81. The van der Waals surface area contributed by atoms with Crippen LogP contribution in [0.5, 0.6) is 0 Å². The molecule has 1 saturated heterocycles. The summed E-state index contributed by atoms with van der Waals surface area (Å²) < 4.78 is 9.60. The first kappa shape index (κ1) is 12.0. The number of carbonyl (C=O) groups is 2. The summed E-state index contributed by atoms with van der Waals surface area (Å²) in [5.41, 5.74) is 0. The lowest BCUT2D eigenvalue weighted by Crippen LogP contribution is -2.45. The monoisotopic (exact) mass is 215 g/mol. The summed E-state index contributed by atoms with van der Waals surface area (Å²) in [5, 5.41) is 0. The Morgan fingerprint density at radius 2 is 2.07 bits per heavy atom. The van der Waals surface area contributed by atoms with Crippen molar-refractivity contribution in [3.8, 4) is 0 Å². The van der Waals surface area contributed by atoms with Crippen molar-refractivity contribution in [3.63, 3.8) is 0 Å². The van der Waals surface area contributed by atoms with Gasteiger partial charge in [-0.3, -0.25) is 4.79 Å². The molecule has 5 heteroatoms. The van der Waals surface area contributed by atoms with Crippen LogP contribution in [0.4, 0.5) is 0 Å². The molecule has 1 aliphatic rings. The lowest BCUT2D eigenvalue weighted by atomic mass is 10.2. The average Bonchev–Trinajstić information content (AvgIpc) is 2.74. The van der Waals surface area contributed by atoms with E-state index in [1.165, 1.54) is 14.2 Å². The molecular weight excluding hydrogens is 198 g/mol. The minimum absolute atomic E-state index is 0.148. The van der Waals surface area contributed by atoms with E-state index in [0.717, 1.165) is 6.42 Å². The molecule has 1 amide bonds. The second-order valence-corrected chi connectivity index (χ2v) is 3.59. The molecule has 0 spiro atoms. The van der Waals surface area contributed by atoms with E-state index in [4.69, 9.17) is 4.74 Å². The van der Waals surface area contributed by atoms with Crippen molar-refractivity contribution in [3.05, 3.63) is 0 Å². The number of hydrogen-bond donors (Lipinski definition) is 0. The number of rotatable bonds is 3. The molecule has 0 bridgehead atoms. The molecule has 0 radical (unpaired) electrons. The van der Waals surface area contributed by atoms with E-state index in [0.29, 0.717) is 13.0 Å². The molecule has 0 aliphatic carbocycles. The zero-order chi connectivity index (χ0) is 11.4. The van der Waals surface area contributed by atoms with Crippen molar-refractivity contribution >= 4 is 11.9 Å². The maximum Gasteiger partial charge on any atom is 0.328 e. The molecule has 0 aromatic carbocycles. The molecule has 1 rings (SSSR count). The minimum Gasteiger partial charge on any atom is -0.467 e. The summed E-state index contributed by atoms with van der Waals surface area (Å²) in [4.78, 5) is 24.7. The molecule has 86 valence electrons. The van der Waals surface area contributed by atoms with Crippen molar-refractivity contribution in [1.82, 2.24) is 4.90 Å². The largest absolute Gasteiger partial charge is 0.467 e. The molecule has 2 atom stereocenters. The van der Waals surface area contributed by atoms with Gasteiger partial charge in [-0.1, -0.05) is 0 Å². The molecule has 1 aliphatic heterocycles. The third-order valence-corrected chi connectivity index (χ3v) is 2.71. The number of carbonyl (C=O) groups excluding carboxylic acids is 2. The van der Waals surface area contributed by atoms with Crippen molar-refractivity contribution < 1.29 is 19.1 Å². The molecular formula is C10H17NO4. The summed E-state index contributed by atoms with van der Waals surface area (Å²) in [5.74, 6) is -0.491. The zero-order valence-corrected chi connectivity index (χ0v) is 9.36. The third-order valence-electron chi connectivity index (χ3n) is 2.71. The number of hydrogen-bond acceptors (Lipinski definition) is 4. The Balaban J connectivity index is 2.68. The maximum atomic E-state index is 11.8. The molecule has 15 heavy (non-hydrogen) atoms. The van der Waals surface area contributed by atoms with Crippen LogP contribution in [0.25, 0.3) is 0 Å². The Kier molecular flexibility index (Phi) is 4.08. The Hall–Kier alpha value is -1.10. The van der Waals surface area contributed by atoms with Gasteiger partial charge in [-0.15, -0.1) is 0 Å². The predicted molar refractivity (Wildman–Crippen MR) is 53.2 cm³/mol. The molecule has 0 saturated carbocycles. The summed E-state index contributed by atoms with van der Waals surface area (Å²) >= 11 is 0. The summed E-state index contributed by atoms with van der Waals surface area (Å²) in [6.45, 7) is 2.28. The van der Waals surface area contributed by atoms with E-state index in [-0.39, 0.29) is 11.9 Å². The molecule has 0 aromatic heterocycles. The summed E-state index contributed by atoms with van der Waals surface area (Å²) in [6.07, 6.45) is 1.01. The highest BCUT2D eigenvalue weighted by Gasteiger charge is 2.36. The van der Waals surface area contributed by atoms with Crippen LogP contribution >= 0.6 is 0 Å². The fourth-order valence-electron chi connectivity index (χ4n) is 1.75. The number of likely N-dealkylation sites (tertiary alicyclic amines) is 1. The van der Waals surface area contributed by atoms with Gasteiger partial charge in [-0.25, -0.2) is 4.79 Å². The zero-order valence-electron chi connectivity index (χ0n) is 9.36. The van der Waals surface area contributed by atoms with Crippen LogP contribution < -0.4 is 0 Å². The van der Waals surface area contributed by atoms with Crippen molar-refractivity contribution in [2.75, 3.05) is 20.8 Å². The highest BCUT2D eigenvalue weighted by Crippen LogP contribution is 2.19. The Bertz CT molecular complexity index is 254. The number of esters is 1. The van der Waals surface area contributed by atoms with Crippen molar-refractivity contribution in [2.45, 2.75) is 31.9 Å². The smallest absolute Gasteiger partial charge is 0.328 e. The normalized spacial score (nSPS) is 22.6. The number of nitrogens with zero attached hydrogens (tertiary/aromatic N) is 1. The minimum atomic E-state index is -0.504. The van der Waals surface area contributed by atoms with Crippen LogP contribution in [-0.4, -0.2) is 49.7 Å². The van der Waals surface area contributed by atoms with Crippen LogP contribution in [-0.2, 0) is 19.1 Å². The van der Waals surface area contributed by atoms with Gasteiger partial charge in [0.25, 0.3) is 5.91 Å². The standard InChI is InChI=1S/C10H17NO4/c1-7(14-2)9(12)11-6-4-5-8(11)10(13)15-3/h7-8H,4-6H2,1-3H3. The van der Waals surface area contributed by atoms with E-state index in [1.54, 1.807) is 11.8 Å². The number of amides is 1. The lowest BCUT2D eigenvalue weighted by Gasteiger charge is -2.24. The second kappa shape index (κ2) is 5.11. The van der Waals surface area contributed by atoms with Crippen LogP contribution in [0.15, 0.2) is 0 Å². The van der Waals surface area contributed by atoms with Crippen LogP contribution in [0.1, 0.15) is 19.8 Å². The molecule has 2 unspecified atom stereocenters. The molecule has 1 fully saturated rings. The number of methoxy groups -OCH3 is 2. The Morgan fingerprint density at radius 3 is 2.60 bits per heavy atom. The van der Waals surface area contributed by atoms with E-state index in [2.05, 4.69) is 4.74 Å². The second-order valence-electron chi connectivity index (χ2n) is 3.59. The molecule has 0 N–H and O–H groups in total. The molecule has 0 aromatic rings. The molecule has 5 nitrogen and oxygen atoms in total. The third kappa shape index (κ3) is 2.47. The fourth-order valence-corrected chi connectivity index (χ4v) is 1.75. The first-order chi connectivity index (χ1) is 7.11. The maximum absolute atomic E-state index is 11.8. The van der Waals surface area contributed by atoms with Crippen molar-refractivity contribution in [2.24, 2.45) is 0 Å². The van der Waals surface area contributed by atoms with Crippen LogP contribution in [0, 0.1) is 0 Å². The van der Waals surface area contributed by atoms with Gasteiger partial charge in [0.1, 0.15) is 12.1 Å². The first-order valence-electron chi connectivity index (χ1n) is 5.03. The van der Waals surface area contributed by atoms with Gasteiger partial charge in [-0.05, 0) is 19.8 Å². The lowest BCUT2D eigenvalue weighted by molar-refractivity contribution is -0.154. The quantitative estimate of drug-likeness (QED) is 0.630. The Labute approximate surface area is 89.3 Å². The van der Waals surface area contributed by atoms with Gasteiger partial charge in [0.2, 0.25) is 0 Å². The van der Waals surface area contributed by atoms with E-state index < -0.39 is 12.1 Å². The van der Waals surface area contributed by atoms with E-state index in [9.17, 15) is 9.59 Å². The SMILES string of the molecule is COC(=O)C1CCCN1C(=O)C(C)OC. The van der Waals surface area contributed by atoms with Gasteiger partial charge in [0.05, 0.1) is 7.11 Å². The van der Waals surface area contributed by atoms with Gasteiger partial charge >= 0.3 is 5.97 Å². The van der Waals surface area contributed by atoms with Gasteiger partial charge in [-0.2, -0.15) is 0 Å². The average molecular weight is 215 g/mol. The topological polar surface area (TPSA) is 55.8 Å². The summed E-state index contributed by atoms with van der Waals surface area (Å²) in [6, 6.07) is -0.430. The highest BCUT2D eigenvalue weighted by atomic mass is 16.5. The van der Waals surface area contributed by atoms with E-state index in [1.807, 2.05) is 0 Å². The van der Waals surface area contributed by atoms with Gasteiger partial charge < -0.3 is 14.4 Å². The van der Waals surface area contributed by atoms with E-state index >= 15 is 0 Å². The van der Waals surface area contributed by atoms with Crippen LogP contribution in [0.2, 0.25) is 0 Å². The van der Waals surface area contributed by atoms with Gasteiger partial charge in [0, 0.05) is 13.7 Å². The first-order valence-corrected chi connectivity index (χ1v) is 5.03. The predicted octanol–water partition coefficient (Wildman–Crippen LogP) is 0.185. The fraction of sp³-hybridized carbons (Fsp3) is 0.800. The van der Waals surface area contributed by atoms with Crippen LogP contribution in [0.3, 0.4) is 0 Å². The van der Waals surface area contributed by atoms with Gasteiger partial charge in [0.15, 0.2) is 0 Å².